The summed E-state index contributed by atoms with van der Waals surface area (Å²) in [5, 5.41) is 0. The molecule has 1 aliphatic rings. The van der Waals surface area contributed by atoms with Crippen molar-refractivity contribution >= 4 is 5.91 Å². The van der Waals surface area contributed by atoms with E-state index < -0.39 is 0 Å². The fraction of sp³-hybridized carbons (Fsp3) is 0.375. The van der Waals surface area contributed by atoms with Crippen LogP contribution in [0.3, 0.4) is 0 Å². The summed E-state index contributed by atoms with van der Waals surface area (Å²) < 4.78 is 0. The topological polar surface area (TPSA) is 79.0 Å². The third-order valence-electron chi connectivity index (χ3n) is 3.88. The van der Waals surface area contributed by atoms with E-state index in [1.807, 2.05) is 13.0 Å². The van der Waals surface area contributed by atoms with E-state index in [1.165, 1.54) is 6.07 Å². The highest BCUT2D eigenvalue weighted by atomic mass is 16.2. The SMILES string of the molecule is Cc1ccc(C(=O)N2CCC[C@H]2c2nc(C)cc(=O)[nH]2)cn1. The number of nitrogens with zero attached hydrogens (tertiary/aromatic N) is 3. The number of aryl methyl sites for hydroxylation is 2. The number of amides is 1. The minimum Gasteiger partial charge on any atom is -0.328 e. The Morgan fingerprint density at radius 1 is 1.32 bits per heavy atom. The van der Waals surface area contributed by atoms with E-state index in [4.69, 9.17) is 0 Å². The molecule has 3 rings (SSSR count). The summed E-state index contributed by atoms with van der Waals surface area (Å²) in [7, 11) is 0. The molecule has 3 heterocycles. The highest BCUT2D eigenvalue weighted by Gasteiger charge is 2.32. The zero-order valence-corrected chi connectivity index (χ0v) is 12.7. The van der Waals surface area contributed by atoms with Crippen molar-refractivity contribution in [3.63, 3.8) is 0 Å². The van der Waals surface area contributed by atoms with E-state index in [0.717, 1.165) is 18.5 Å². The van der Waals surface area contributed by atoms with E-state index in [0.29, 0.717) is 23.6 Å². The predicted molar refractivity (Wildman–Crippen MR) is 81.6 cm³/mol. The van der Waals surface area contributed by atoms with Gasteiger partial charge in [0, 0.05) is 30.2 Å². The number of aromatic nitrogens is 3. The smallest absolute Gasteiger partial charge is 0.256 e. The van der Waals surface area contributed by atoms with E-state index in [2.05, 4.69) is 15.0 Å². The molecule has 0 aromatic carbocycles. The molecule has 1 saturated heterocycles. The third kappa shape index (κ3) is 2.77. The highest BCUT2D eigenvalue weighted by molar-refractivity contribution is 5.94. The predicted octanol–water partition coefficient (Wildman–Crippen LogP) is 1.76. The molecule has 0 spiro atoms. The molecule has 22 heavy (non-hydrogen) atoms. The van der Waals surface area contributed by atoms with Gasteiger partial charge in [0.25, 0.3) is 11.5 Å². The third-order valence-corrected chi connectivity index (χ3v) is 3.88. The van der Waals surface area contributed by atoms with Crippen LogP contribution in [0.2, 0.25) is 0 Å². The number of H-pyrrole nitrogens is 1. The number of carbonyl (C=O) groups is 1. The summed E-state index contributed by atoms with van der Waals surface area (Å²) in [6.45, 7) is 4.33. The maximum absolute atomic E-state index is 12.7. The summed E-state index contributed by atoms with van der Waals surface area (Å²) >= 11 is 0. The van der Waals surface area contributed by atoms with E-state index >= 15 is 0 Å². The molecule has 2 aromatic heterocycles. The van der Waals surface area contributed by atoms with Gasteiger partial charge in [0.05, 0.1) is 11.6 Å². The molecule has 1 aliphatic heterocycles. The van der Waals surface area contributed by atoms with Crippen molar-refractivity contribution in [1.29, 1.82) is 0 Å². The normalized spacial score (nSPS) is 17.7. The molecule has 6 heteroatoms. The lowest BCUT2D eigenvalue weighted by Gasteiger charge is -2.24. The Morgan fingerprint density at radius 3 is 2.82 bits per heavy atom. The van der Waals surface area contributed by atoms with Crippen molar-refractivity contribution in [3.8, 4) is 0 Å². The fourth-order valence-corrected chi connectivity index (χ4v) is 2.81. The average molecular weight is 298 g/mol. The van der Waals surface area contributed by atoms with Gasteiger partial charge in [-0.25, -0.2) is 4.98 Å². The van der Waals surface area contributed by atoms with Gasteiger partial charge in [-0.05, 0) is 38.8 Å². The Kier molecular flexibility index (Phi) is 3.75. The molecule has 0 saturated carbocycles. The fourth-order valence-electron chi connectivity index (χ4n) is 2.81. The number of pyridine rings is 1. The van der Waals surface area contributed by atoms with Crippen LogP contribution in [0.1, 0.15) is 46.5 Å². The van der Waals surface area contributed by atoms with Gasteiger partial charge in [-0.1, -0.05) is 0 Å². The van der Waals surface area contributed by atoms with Gasteiger partial charge >= 0.3 is 0 Å². The Balaban J connectivity index is 1.91. The maximum atomic E-state index is 12.7. The number of carbonyl (C=O) groups excluding carboxylic acids is 1. The van der Waals surface area contributed by atoms with Crippen LogP contribution < -0.4 is 5.56 Å². The molecule has 1 fully saturated rings. The quantitative estimate of drug-likeness (QED) is 0.916. The van der Waals surface area contributed by atoms with Crippen molar-refractivity contribution in [2.75, 3.05) is 6.54 Å². The first-order valence-corrected chi connectivity index (χ1v) is 7.36. The number of nitrogens with one attached hydrogen (secondary N) is 1. The second kappa shape index (κ2) is 5.71. The average Bonchev–Trinajstić information content (AvgIpc) is 2.95. The first kappa shape index (κ1) is 14.4. The molecule has 1 amide bonds. The van der Waals surface area contributed by atoms with Crippen LogP contribution in [0, 0.1) is 13.8 Å². The lowest BCUT2D eigenvalue weighted by molar-refractivity contribution is 0.0729. The molecular formula is C16H18N4O2. The van der Waals surface area contributed by atoms with Crippen LogP contribution in [0.5, 0.6) is 0 Å². The van der Waals surface area contributed by atoms with E-state index in [1.54, 1.807) is 24.1 Å². The first-order valence-electron chi connectivity index (χ1n) is 7.36. The zero-order valence-electron chi connectivity index (χ0n) is 12.7. The van der Waals surface area contributed by atoms with Crippen LogP contribution in [0.15, 0.2) is 29.2 Å². The minimum absolute atomic E-state index is 0.0702. The Hall–Kier alpha value is -2.50. The standard InChI is InChI=1S/C16H18N4O2/c1-10-5-6-12(9-17-10)16(22)20-7-3-4-13(20)15-18-11(2)8-14(21)19-15/h5-6,8-9,13H,3-4,7H2,1-2H3,(H,18,19,21)/t13-/m0/s1. The van der Waals surface area contributed by atoms with Gasteiger partial charge in [-0.15, -0.1) is 0 Å². The second-order valence-electron chi connectivity index (χ2n) is 5.62. The lowest BCUT2D eigenvalue weighted by atomic mass is 10.1. The van der Waals surface area contributed by atoms with Crippen molar-refractivity contribution in [3.05, 3.63) is 57.5 Å². The van der Waals surface area contributed by atoms with Crippen LogP contribution >= 0.6 is 0 Å². The van der Waals surface area contributed by atoms with Gasteiger partial charge in [-0.2, -0.15) is 0 Å². The number of hydrogen-bond acceptors (Lipinski definition) is 4. The largest absolute Gasteiger partial charge is 0.328 e. The maximum Gasteiger partial charge on any atom is 0.256 e. The van der Waals surface area contributed by atoms with E-state index in [-0.39, 0.29) is 17.5 Å². The summed E-state index contributed by atoms with van der Waals surface area (Å²) in [6.07, 6.45) is 3.30. The Labute approximate surface area is 128 Å². The van der Waals surface area contributed by atoms with Crippen LogP contribution in [0.25, 0.3) is 0 Å². The lowest BCUT2D eigenvalue weighted by Crippen LogP contribution is -2.32. The Bertz CT molecular complexity index is 751. The van der Waals surface area contributed by atoms with Crippen molar-refractivity contribution < 1.29 is 4.79 Å². The Morgan fingerprint density at radius 2 is 2.14 bits per heavy atom. The highest BCUT2D eigenvalue weighted by Crippen LogP contribution is 2.30. The molecule has 2 aromatic rings. The number of rotatable bonds is 2. The molecule has 0 aliphatic carbocycles. The molecule has 0 unspecified atom stereocenters. The molecule has 6 nitrogen and oxygen atoms in total. The van der Waals surface area contributed by atoms with Crippen LogP contribution in [-0.2, 0) is 0 Å². The summed E-state index contributed by atoms with van der Waals surface area (Å²) in [5.41, 5.74) is 1.92. The molecule has 1 N–H and O–H groups in total. The molecule has 1 atom stereocenters. The van der Waals surface area contributed by atoms with Gasteiger partial charge in [0.15, 0.2) is 0 Å². The van der Waals surface area contributed by atoms with E-state index in [9.17, 15) is 9.59 Å². The zero-order chi connectivity index (χ0) is 15.7. The number of aromatic amines is 1. The van der Waals surface area contributed by atoms with Crippen LogP contribution in [-0.4, -0.2) is 32.3 Å². The van der Waals surface area contributed by atoms with Crippen molar-refractivity contribution in [1.82, 2.24) is 19.9 Å². The van der Waals surface area contributed by atoms with Gasteiger partial charge in [0.1, 0.15) is 5.82 Å². The van der Waals surface area contributed by atoms with Gasteiger partial charge in [0.2, 0.25) is 0 Å². The van der Waals surface area contributed by atoms with Crippen LogP contribution in [0.4, 0.5) is 0 Å². The van der Waals surface area contributed by atoms with Gasteiger partial charge < -0.3 is 9.88 Å². The molecule has 0 radical (unpaired) electrons. The minimum atomic E-state index is -0.182. The molecule has 114 valence electrons. The molecule has 0 bridgehead atoms. The summed E-state index contributed by atoms with van der Waals surface area (Å²) in [4.78, 5) is 37.4. The molecular weight excluding hydrogens is 280 g/mol. The number of likely N-dealkylation sites (tertiary alicyclic amines) is 1. The second-order valence-corrected chi connectivity index (χ2v) is 5.62. The van der Waals surface area contributed by atoms with Crippen molar-refractivity contribution in [2.45, 2.75) is 32.7 Å². The van der Waals surface area contributed by atoms with Gasteiger partial charge in [-0.3, -0.25) is 14.6 Å². The number of hydrogen-bond donors (Lipinski definition) is 1. The first-order chi connectivity index (χ1) is 10.5. The monoisotopic (exact) mass is 298 g/mol. The van der Waals surface area contributed by atoms with Crippen molar-refractivity contribution in [2.24, 2.45) is 0 Å². The summed E-state index contributed by atoms with van der Waals surface area (Å²) in [6, 6.07) is 4.88. The summed E-state index contributed by atoms with van der Waals surface area (Å²) in [5.74, 6) is 0.495.